The second-order valence-electron chi connectivity index (χ2n) is 5.30. The molecule has 1 aliphatic rings. The van der Waals surface area contributed by atoms with Crippen molar-refractivity contribution >= 4 is 17.8 Å². The quantitative estimate of drug-likeness (QED) is 0.629. The summed E-state index contributed by atoms with van der Waals surface area (Å²) in [5.41, 5.74) is 0. The minimum absolute atomic E-state index is 0.0597. The van der Waals surface area contributed by atoms with E-state index < -0.39 is 17.8 Å². The lowest BCUT2D eigenvalue weighted by atomic mass is 10.0. The van der Waals surface area contributed by atoms with Gasteiger partial charge in [0.25, 0.3) is 0 Å². The van der Waals surface area contributed by atoms with Gasteiger partial charge in [0, 0.05) is 33.2 Å². The zero-order chi connectivity index (χ0) is 15.8. The Kier molecular flexibility index (Phi) is 7.14. The van der Waals surface area contributed by atoms with Gasteiger partial charge >= 0.3 is 5.97 Å². The number of aliphatic carboxylic acids is 1. The number of carboxylic acids is 1. The maximum absolute atomic E-state index is 12.0. The molecule has 0 aromatic carbocycles. The van der Waals surface area contributed by atoms with Crippen molar-refractivity contribution < 1.29 is 24.2 Å². The van der Waals surface area contributed by atoms with Crippen LogP contribution in [0.4, 0.5) is 0 Å². The maximum Gasteiger partial charge on any atom is 0.308 e. The molecule has 0 spiro atoms. The molecule has 0 aliphatic carbocycles. The molecule has 0 radical (unpaired) electrons. The Bertz CT molecular complexity index is 386. The van der Waals surface area contributed by atoms with Crippen LogP contribution in [0.5, 0.6) is 0 Å². The number of carboxylic acid groups (broad SMARTS) is 1. The number of carbonyl (C=O) groups excluding carboxylic acids is 2. The van der Waals surface area contributed by atoms with Gasteiger partial charge in [-0.05, 0) is 6.42 Å². The van der Waals surface area contributed by atoms with Gasteiger partial charge < -0.3 is 20.1 Å². The number of rotatable bonds is 9. The standard InChI is InChI=1S/C14H24N2O5/c1-3-4-10(14(19)20)8-15-13(18)11-7-12(17)16(9-11)5-6-21-2/h10-11H,3-9H2,1-2H3,(H,15,18)(H,19,20). The summed E-state index contributed by atoms with van der Waals surface area (Å²) in [6.45, 7) is 3.32. The highest BCUT2D eigenvalue weighted by atomic mass is 16.5. The Morgan fingerprint density at radius 2 is 2.24 bits per heavy atom. The van der Waals surface area contributed by atoms with E-state index in [4.69, 9.17) is 9.84 Å². The molecule has 2 N–H and O–H groups in total. The lowest BCUT2D eigenvalue weighted by Gasteiger charge is -2.17. The van der Waals surface area contributed by atoms with Gasteiger partial charge in [0.05, 0.1) is 18.4 Å². The number of nitrogens with one attached hydrogen (secondary N) is 1. The van der Waals surface area contributed by atoms with Crippen LogP contribution in [-0.4, -0.2) is 61.1 Å². The monoisotopic (exact) mass is 300 g/mol. The maximum atomic E-state index is 12.0. The molecule has 0 aromatic heterocycles. The molecule has 0 bridgehead atoms. The Labute approximate surface area is 124 Å². The number of amides is 2. The third-order valence-corrected chi connectivity index (χ3v) is 3.66. The van der Waals surface area contributed by atoms with Crippen LogP contribution in [0.1, 0.15) is 26.2 Å². The van der Waals surface area contributed by atoms with Gasteiger partial charge in [-0.15, -0.1) is 0 Å². The average molecular weight is 300 g/mol. The van der Waals surface area contributed by atoms with E-state index in [-0.39, 0.29) is 24.8 Å². The summed E-state index contributed by atoms with van der Waals surface area (Å²) in [6, 6.07) is 0. The lowest BCUT2D eigenvalue weighted by molar-refractivity contribution is -0.142. The van der Waals surface area contributed by atoms with Gasteiger partial charge in [0.1, 0.15) is 0 Å². The fourth-order valence-corrected chi connectivity index (χ4v) is 2.39. The Balaban J connectivity index is 2.42. The Hall–Kier alpha value is -1.63. The van der Waals surface area contributed by atoms with Crippen molar-refractivity contribution in [2.45, 2.75) is 26.2 Å². The fraction of sp³-hybridized carbons (Fsp3) is 0.786. The minimum Gasteiger partial charge on any atom is -0.481 e. The van der Waals surface area contributed by atoms with E-state index in [1.807, 2.05) is 6.92 Å². The van der Waals surface area contributed by atoms with Crippen LogP contribution in [0.2, 0.25) is 0 Å². The first-order valence-electron chi connectivity index (χ1n) is 7.26. The molecule has 7 nitrogen and oxygen atoms in total. The normalized spacial score (nSPS) is 19.6. The zero-order valence-corrected chi connectivity index (χ0v) is 12.6. The first-order chi connectivity index (χ1) is 9.99. The number of ether oxygens (including phenoxy) is 1. The molecule has 1 heterocycles. The van der Waals surface area contributed by atoms with Crippen LogP contribution >= 0.6 is 0 Å². The van der Waals surface area contributed by atoms with Crippen molar-refractivity contribution in [3.8, 4) is 0 Å². The summed E-state index contributed by atoms with van der Waals surface area (Å²) < 4.78 is 4.92. The van der Waals surface area contributed by atoms with E-state index in [1.54, 1.807) is 12.0 Å². The van der Waals surface area contributed by atoms with E-state index in [1.165, 1.54) is 0 Å². The van der Waals surface area contributed by atoms with Gasteiger partial charge in [-0.3, -0.25) is 14.4 Å². The number of likely N-dealkylation sites (tertiary alicyclic amines) is 1. The molecule has 21 heavy (non-hydrogen) atoms. The van der Waals surface area contributed by atoms with Crippen LogP contribution in [0.25, 0.3) is 0 Å². The van der Waals surface area contributed by atoms with E-state index in [2.05, 4.69) is 5.32 Å². The highest BCUT2D eigenvalue weighted by Crippen LogP contribution is 2.17. The molecule has 1 rings (SSSR count). The van der Waals surface area contributed by atoms with Gasteiger partial charge in [-0.1, -0.05) is 13.3 Å². The van der Waals surface area contributed by atoms with Crippen molar-refractivity contribution in [1.82, 2.24) is 10.2 Å². The fourth-order valence-electron chi connectivity index (χ4n) is 2.39. The first kappa shape index (κ1) is 17.4. The number of hydrogen-bond acceptors (Lipinski definition) is 4. The van der Waals surface area contributed by atoms with Gasteiger partial charge in [-0.2, -0.15) is 0 Å². The smallest absolute Gasteiger partial charge is 0.308 e. The van der Waals surface area contributed by atoms with E-state index in [0.717, 1.165) is 6.42 Å². The average Bonchev–Trinajstić information content (AvgIpc) is 2.81. The third kappa shape index (κ3) is 5.34. The van der Waals surface area contributed by atoms with Crippen molar-refractivity contribution in [3.05, 3.63) is 0 Å². The molecule has 120 valence electrons. The molecule has 2 unspecified atom stereocenters. The minimum atomic E-state index is -0.902. The van der Waals surface area contributed by atoms with Crippen molar-refractivity contribution in [1.29, 1.82) is 0 Å². The molecular formula is C14H24N2O5. The summed E-state index contributed by atoms with van der Waals surface area (Å²) in [4.78, 5) is 36.4. The summed E-state index contributed by atoms with van der Waals surface area (Å²) in [6.07, 6.45) is 1.46. The summed E-state index contributed by atoms with van der Waals surface area (Å²) >= 11 is 0. The highest BCUT2D eigenvalue weighted by Gasteiger charge is 2.34. The number of nitrogens with zero attached hydrogens (tertiary/aromatic N) is 1. The molecule has 0 aromatic rings. The molecule has 1 aliphatic heterocycles. The summed E-state index contributed by atoms with van der Waals surface area (Å²) in [5, 5.41) is 11.7. The van der Waals surface area contributed by atoms with E-state index in [9.17, 15) is 14.4 Å². The second-order valence-corrected chi connectivity index (χ2v) is 5.30. The van der Waals surface area contributed by atoms with Gasteiger partial charge in [0.2, 0.25) is 11.8 Å². The Morgan fingerprint density at radius 1 is 1.52 bits per heavy atom. The SMILES string of the molecule is CCCC(CNC(=O)C1CC(=O)N(CCOC)C1)C(=O)O. The van der Waals surface area contributed by atoms with E-state index in [0.29, 0.717) is 26.1 Å². The van der Waals surface area contributed by atoms with E-state index >= 15 is 0 Å². The molecule has 1 saturated heterocycles. The van der Waals surface area contributed by atoms with Crippen molar-refractivity contribution in [2.75, 3.05) is 33.4 Å². The molecule has 2 amide bonds. The number of hydrogen-bond donors (Lipinski definition) is 2. The molecule has 1 fully saturated rings. The Morgan fingerprint density at radius 3 is 2.81 bits per heavy atom. The van der Waals surface area contributed by atoms with Gasteiger partial charge in [-0.25, -0.2) is 0 Å². The third-order valence-electron chi connectivity index (χ3n) is 3.66. The molecule has 2 atom stereocenters. The van der Waals surface area contributed by atoms with Crippen LogP contribution in [0.15, 0.2) is 0 Å². The molecular weight excluding hydrogens is 276 g/mol. The van der Waals surface area contributed by atoms with Crippen LogP contribution in [0, 0.1) is 11.8 Å². The summed E-state index contributed by atoms with van der Waals surface area (Å²) in [7, 11) is 1.56. The predicted molar refractivity (Wildman–Crippen MR) is 75.6 cm³/mol. The topological polar surface area (TPSA) is 95.9 Å². The van der Waals surface area contributed by atoms with Crippen molar-refractivity contribution in [3.63, 3.8) is 0 Å². The molecule has 0 saturated carbocycles. The number of carbonyl (C=O) groups is 3. The molecule has 7 heteroatoms. The highest BCUT2D eigenvalue weighted by molar-refractivity contribution is 5.89. The predicted octanol–water partition coefficient (Wildman–Crippen LogP) is 0.0984. The van der Waals surface area contributed by atoms with Crippen molar-refractivity contribution in [2.24, 2.45) is 11.8 Å². The van der Waals surface area contributed by atoms with Crippen LogP contribution in [-0.2, 0) is 19.1 Å². The van der Waals surface area contributed by atoms with Crippen LogP contribution < -0.4 is 5.32 Å². The zero-order valence-electron chi connectivity index (χ0n) is 12.6. The first-order valence-corrected chi connectivity index (χ1v) is 7.26. The second kappa shape index (κ2) is 8.61. The van der Waals surface area contributed by atoms with Gasteiger partial charge in [0.15, 0.2) is 0 Å². The summed E-state index contributed by atoms with van der Waals surface area (Å²) in [5.74, 6) is -2.17. The lowest BCUT2D eigenvalue weighted by Crippen LogP contribution is -2.38. The largest absolute Gasteiger partial charge is 0.481 e. The number of methoxy groups -OCH3 is 1. The van der Waals surface area contributed by atoms with Crippen LogP contribution in [0.3, 0.4) is 0 Å².